The van der Waals surface area contributed by atoms with E-state index < -0.39 is 35.8 Å². The standard InChI is InChI=1S/3C16H28O4.C8H17.Sn/c3*1-2-3-4-5-6-7-8-9-10-11-14-20-16(19)13-12-15(17)18;1-3-5-7-8-6-4-2;/h3*12-13H,2-11,14H2,1H3,(H,17,18);1,3-8H2,2H3;/b3*13-12-;;. The van der Waals surface area contributed by atoms with Crippen molar-refractivity contribution < 1.29 is 58.3 Å². The number of ether oxygens (including phenoxy) is 3. The van der Waals surface area contributed by atoms with Crippen LogP contribution >= 0.6 is 0 Å². The van der Waals surface area contributed by atoms with Crippen LogP contribution in [0.5, 0.6) is 0 Å². The van der Waals surface area contributed by atoms with Crippen LogP contribution in [0.2, 0.25) is 4.44 Å². The minimum absolute atomic E-state index is 0.374. The number of aliphatic carboxylic acids is 3. The molecule has 0 aliphatic rings. The first-order valence-corrected chi connectivity index (χ1v) is 29.3. The number of carboxylic acids is 3. The Bertz CT molecular complexity index is 1110. The van der Waals surface area contributed by atoms with E-state index in [1.165, 1.54) is 197 Å². The van der Waals surface area contributed by atoms with E-state index in [1.54, 1.807) is 22.5 Å². The Kier molecular flexibility index (Phi) is 68.0. The fourth-order valence-electron chi connectivity index (χ4n) is 6.75. The third kappa shape index (κ3) is 79.3. The Hall–Kier alpha value is -3.16. The number of hydrogen-bond donors (Lipinski definition) is 3. The summed E-state index contributed by atoms with van der Waals surface area (Å²) in [5, 5.41) is 25.0. The number of esters is 3. The predicted octanol–water partition coefficient (Wildman–Crippen LogP) is 15.2. The van der Waals surface area contributed by atoms with Crippen LogP contribution in [0.4, 0.5) is 0 Å². The first-order chi connectivity index (χ1) is 33.4. The molecule has 0 amide bonds. The quantitative estimate of drug-likeness (QED) is 0.0172. The van der Waals surface area contributed by atoms with Crippen LogP contribution in [0, 0.1) is 0 Å². The van der Waals surface area contributed by atoms with Crippen molar-refractivity contribution in [2.24, 2.45) is 0 Å². The van der Waals surface area contributed by atoms with Gasteiger partial charge in [0.1, 0.15) is 0 Å². The minimum atomic E-state index is -1.14. The van der Waals surface area contributed by atoms with E-state index in [1.807, 2.05) is 0 Å². The van der Waals surface area contributed by atoms with Crippen LogP contribution in [0.1, 0.15) is 259 Å². The van der Waals surface area contributed by atoms with Gasteiger partial charge >= 0.3 is 108 Å². The molecule has 0 aromatic heterocycles. The van der Waals surface area contributed by atoms with E-state index in [4.69, 9.17) is 29.5 Å². The van der Waals surface area contributed by atoms with Crippen LogP contribution in [0.25, 0.3) is 0 Å². The molecule has 12 nitrogen and oxygen atoms in total. The summed E-state index contributed by atoms with van der Waals surface area (Å²) in [5.41, 5.74) is 0. The fraction of sp³-hybridized carbons (Fsp3) is 0.786. The third-order valence-corrected chi connectivity index (χ3v) is 11.9. The average Bonchev–Trinajstić information content (AvgIpc) is 3.32. The predicted molar refractivity (Wildman–Crippen MR) is 283 cm³/mol. The normalized spacial score (nSPS) is 10.7. The molecule has 0 saturated heterocycles. The van der Waals surface area contributed by atoms with Gasteiger partial charge in [-0.25, -0.2) is 28.8 Å². The number of carboxylic acid groups (broad SMARTS) is 3. The second-order valence-corrected chi connectivity index (χ2v) is 19.0. The van der Waals surface area contributed by atoms with E-state index in [2.05, 4.69) is 27.7 Å². The van der Waals surface area contributed by atoms with E-state index in [9.17, 15) is 28.8 Å². The van der Waals surface area contributed by atoms with E-state index >= 15 is 0 Å². The maximum absolute atomic E-state index is 11.0. The molecule has 13 heteroatoms. The molecule has 0 aliphatic carbocycles. The van der Waals surface area contributed by atoms with Crippen molar-refractivity contribution in [1.82, 2.24) is 0 Å². The molecule has 3 radical (unpaired) electrons. The molecular weight excluding hydrogens is 983 g/mol. The number of unbranched alkanes of at least 4 members (excludes halogenated alkanes) is 32. The molecule has 0 aliphatic heterocycles. The summed E-state index contributed by atoms with van der Waals surface area (Å²) in [6.07, 6.45) is 50.8. The van der Waals surface area contributed by atoms with E-state index in [0.29, 0.717) is 19.8 Å². The molecule has 3 N–H and O–H groups in total. The second-order valence-electron chi connectivity index (χ2n) is 17.6. The first kappa shape index (κ1) is 72.4. The molecule has 0 aromatic carbocycles. The number of rotatable bonds is 45. The van der Waals surface area contributed by atoms with Gasteiger partial charge in [0.2, 0.25) is 0 Å². The summed E-state index contributed by atoms with van der Waals surface area (Å²) in [7, 11) is 0. The van der Waals surface area contributed by atoms with E-state index in [0.717, 1.165) is 75.0 Å². The zero-order valence-electron chi connectivity index (χ0n) is 44.3. The van der Waals surface area contributed by atoms with Crippen LogP contribution < -0.4 is 0 Å². The van der Waals surface area contributed by atoms with Gasteiger partial charge < -0.3 is 29.5 Å². The van der Waals surface area contributed by atoms with Crippen molar-refractivity contribution >= 4 is 58.3 Å². The van der Waals surface area contributed by atoms with Crippen LogP contribution in [0.3, 0.4) is 0 Å². The molecule has 0 bridgehead atoms. The molecule has 401 valence electrons. The zero-order chi connectivity index (χ0) is 52.1. The van der Waals surface area contributed by atoms with Gasteiger partial charge in [0.25, 0.3) is 0 Å². The monoisotopic (exact) mass is 1090 g/mol. The molecule has 0 saturated carbocycles. The topological polar surface area (TPSA) is 191 Å². The van der Waals surface area contributed by atoms with Crippen molar-refractivity contribution in [2.45, 2.75) is 263 Å². The molecule has 0 rings (SSSR count). The van der Waals surface area contributed by atoms with Gasteiger partial charge in [-0.05, 0) is 19.3 Å². The van der Waals surface area contributed by atoms with Gasteiger partial charge in [-0.2, -0.15) is 0 Å². The summed E-state index contributed by atoms with van der Waals surface area (Å²) >= 11 is 1.71. The van der Waals surface area contributed by atoms with Gasteiger partial charge in [-0.15, -0.1) is 0 Å². The van der Waals surface area contributed by atoms with Gasteiger partial charge in [0.15, 0.2) is 0 Å². The Labute approximate surface area is 434 Å². The Balaban J connectivity index is -0.000000421. The Morgan fingerprint density at radius 1 is 0.290 bits per heavy atom. The van der Waals surface area contributed by atoms with Crippen molar-refractivity contribution in [2.75, 3.05) is 19.8 Å². The molecule has 0 unspecified atom stereocenters. The third-order valence-electron chi connectivity index (χ3n) is 10.8. The first-order valence-electron chi connectivity index (χ1n) is 27.3. The van der Waals surface area contributed by atoms with Crippen LogP contribution in [0.15, 0.2) is 36.5 Å². The molecule has 69 heavy (non-hydrogen) atoms. The zero-order valence-corrected chi connectivity index (χ0v) is 47.1. The molecule has 0 spiro atoms. The summed E-state index contributed by atoms with van der Waals surface area (Å²) in [6, 6.07) is 0. The van der Waals surface area contributed by atoms with Crippen molar-refractivity contribution in [3.63, 3.8) is 0 Å². The summed E-state index contributed by atoms with van der Waals surface area (Å²) in [4.78, 5) is 63.6. The summed E-state index contributed by atoms with van der Waals surface area (Å²) < 4.78 is 16.1. The van der Waals surface area contributed by atoms with Gasteiger partial charge in [0, 0.05) is 36.5 Å². The second kappa shape index (κ2) is 64.8. The molecule has 0 fully saturated rings. The average molecular weight is 1090 g/mol. The van der Waals surface area contributed by atoms with Gasteiger partial charge in [-0.3, -0.25) is 0 Å². The van der Waals surface area contributed by atoms with Crippen molar-refractivity contribution in [1.29, 1.82) is 0 Å². The van der Waals surface area contributed by atoms with Crippen LogP contribution in [-0.4, -0.2) is 93.5 Å². The van der Waals surface area contributed by atoms with Crippen LogP contribution in [-0.2, 0) is 43.0 Å². The Morgan fingerprint density at radius 3 is 0.638 bits per heavy atom. The summed E-state index contributed by atoms with van der Waals surface area (Å²) in [6.45, 7) is 10.1. The molecule has 0 atom stereocenters. The fourth-order valence-corrected chi connectivity index (χ4v) is 7.47. The van der Waals surface area contributed by atoms with E-state index in [-0.39, 0.29) is 0 Å². The van der Waals surface area contributed by atoms with Gasteiger partial charge in [0.05, 0.1) is 19.8 Å². The Morgan fingerprint density at radius 2 is 0.464 bits per heavy atom. The number of hydrogen-bond acceptors (Lipinski definition) is 9. The molecule has 0 heterocycles. The molecular formula is C56H101O12Sn. The summed E-state index contributed by atoms with van der Waals surface area (Å²) in [5.74, 6) is -5.15. The molecule has 0 aromatic rings. The SMILES string of the molecule is CCCCCCCCCCCCOC(=O)/C=C\C(=O)O.CCCCCCCCCCCCOC(=O)/C=C\C(=O)O.CCCCCCCCCCCCOC(=O)/C=C\C(=O)O.CCCCCCC[CH2][Sn]. The van der Waals surface area contributed by atoms with Gasteiger partial charge in [-0.1, -0.05) is 194 Å². The number of carbonyl (C=O) groups is 6. The van der Waals surface area contributed by atoms with Crippen molar-refractivity contribution in [3.8, 4) is 0 Å². The maximum atomic E-state index is 11.0. The number of carbonyl (C=O) groups excluding carboxylic acids is 3. The van der Waals surface area contributed by atoms with Crippen molar-refractivity contribution in [3.05, 3.63) is 36.5 Å².